The second-order valence-corrected chi connectivity index (χ2v) is 14.4. The molecule has 4 heterocycles. The van der Waals surface area contributed by atoms with Crippen LogP contribution in [0.15, 0.2) is 89.6 Å². The number of carbonyl (C=O) groups excluding carboxylic acids is 4. The van der Waals surface area contributed by atoms with Crippen molar-refractivity contribution in [3.05, 3.63) is 101 Å². The number of likely N-dealkylation sites (N-methyl/N-ethyl adjacent to an activating group) is 3. The molecule has 1 fully saturated rings. The topological polar surface area (TPSA) is 126 Å². The first-order chi connectivity index (χ1) is 23.2. The molecule has 256 valence electrons. The first-order valence-electron chi connectivity index (χ1n) is 16.6. The molecular formula is C37H45N7O5+2. The van der Waals surface area contributed by atoms with Gasteiger partial charge in [0.1, 0.15) is 35.7 Å². The van der Waals surface area contributed by atoms with E-state index in [0.29, 0.717) is 56.4 Å². The van der Waals surface area contributed by atoms with Crippen molar-refractivity contribution in [2.75, 3.05) is 47.3 Å². The SMILES string of the molecule is CN1C(=O)[N+](C)(Cc2nccc3ccccc23)C(=O)C2=C1C(C(N)=O)=C(N1CCCN(C(=O)OC(C)(C)C)CC1)[N+]2(C)Cc1ccccc1. The second kappa shape index (κ2) is 12.4. The third-order valence-corrected chi connectivity index (χ3v) is 9.60. The number of nitrogens with two attached hydrogens (primary N) is 1. The Balaban J connectivity index is 1.46. The number of rotatable bonds is 6. The number of hydrogen-bond donors (Lipinski definition) is 1. The summed E-state index contributed by atoms with van der Waals surface area (Å²) in [5.74, 6) is -0.618. The van der Waals surface area contributed by atoms with Gasteiger partial charge in [-0.1, -0.05) is 54.6 Å². The standard InChI is InChI=1S/C37H44N7O5/c1-37(2,3)49-36(48)42-20-12-19-41(21-22-42)33-29(32(38)45)30-31(43(33,5)23-25-13-8-7-9-14-25)34(46)44(6,35(47)40(30)4)24-28-27-16-11-10-15-26(27)17-18-39-28/h7-11,13-18H,12,19-24H2,1-6H3,(H-,38,45)/q+1/p+1. The van der Waals surface area contributed by atoms with Gasteiger partial charge in [-0.3, -0.25) is 14.7 Å². The predicted octanol–water partition coefficient (Wildman–Crippen LogP) is 4.29. The Morgan fingerprint density at radius 2 is 1.59 bits per heavy atom. The van der Waals surface area contributed by atoms with E-state index in [0.717, 1.165) is 16.3 Å². The molecule has 1 aromatic heterocycles. The Kier molecular flexibility index (Phi) is 8.58. The number of nitrogens with zero attached hydrogens (tertiary/aromatic N) is 6. The summed E-state index contributed by atoms with van der Waals surface area (Å²) in [6.07, 6.45) is 1.88. The maximum Gasteiger partial charge on any atom is 0.431 e. The molecule has 12 nitrogen and oxygen atoms in total. The van der Waals surface area contributed by atoms with E-state index >= 15 is 4.79 Å². The van der Waals surface area contributed by atoms with E-state index in [9.17, 15) is 14.4 Å². The molecule has 0 radical (unpaired) electrons. The van der Waals surface area contributed by atoms with Crippen LogP contribution in [0.5, 0.6) is 0 Å². The molecule has 3 aliphatic heterocycles. The average molecular weight is 668 g/mol. The molecule has 2 atom stereocenters. The number of aromatic nitrogens is 1. The van der Waals surface area contributed by atoms with Crippen LogP contribution in [-0.4, -0.2) is 106 Å². The van der Waals surface area contributed by atoms with Crippen molar-refractivity contribution < 1.29 is 32.9 Å². The highest BCUT2D eigenvalue weighted by Crippen LogP contribution is 2.48. The van der Waals surface area contributed by atoms with Crippen molar-refractivity contribution in [2.24, 2.45) is 5.73 Å². The minimum atomic E-state index is -0.732. The zero-order valence-electron chi connectivity index (χ0n) is 29.1. The number of fused-ring (bicyclic) bond motifs is 1. The molecule has 5 amide bonds. The highest BCUT2D eigenvalue weighted by molar-refractivity contribution is 6.06. The molecule has 2 N–H and O–H groups in total. The van der Waals surface area contributed by atoms with Crippen LogP contribution in [0, 0.1) is 0 Å². The fourth-order valence-electron chi connectivity index (χ4n) is 7.38. The molecule has 2 unspecified atom stereocenters. The van der Waals surface area contributed by atoms with Crippen LogP contribution in [-0.2, 0) is 27.4 Å². The normalized spacial score (nSPS) is 23.3. The number of hydrogen-bond acceptors (Lipinski definition) is 7. The number of quaternary nitrogens is 2. The van der Waals surface area contributed by atoms with Crippen LogP contribution in [0.1, 0.15) is 38.4 Å². The Morgan fingerprint density at radius 1 is 0.898 bits per heavy atom. The molecule has 0 bridgehead atoms. The highest BCUT2D eigenvalue weighted by atomic mass is 16.6. The summed E-state index contributed by atoms with van der Waals surface area (Å²) < 4.78 is 4.97. The first kappa shape index (κ1) is 33.8. The van der Waals surface area contributed by atoms with Crippen LogP contribution in [0.25, 0.3) is 10.8 Å². The Bertz CT molecular complexity index is 1910. The Hall–Kier alpha value is -5.07. The zero-order valence-corrected chi connectivity index (χ0v) is 29.1. The molecule has 0 aliphatic carbocycles. The van der Waals surface area contributed by atoms with E-state index in [1.165, 1.54) is 4.90 Å². The van der Waals surface area contributed by atoms with E-state index < -0.39 is 34.0 Å². The van der Waals surface area contributed by atoms with Crippen LogP contribution < -0.4 is 5.73 Å². The van der Waals surface area contributed by atoms with Gasteiger partial charge in [0.05, 0.1) is 14.1 Å². The number of amides is 5. The van der Waals surface area contributed by atoms with Crippen molar-refractivity contribution >= 4 is 34.7 Å². The van der Waals surface area contributed by atoms with Crippen LogP contribution in [0.2, 0.25) is 0 Å². The van der Waals surface area contributed by atoms with Gasteiger partial charge in [-0.2, -0.15) is 4.48 Å². The van der Waals surface area contributed by atoms with Gasteiger partial charge in [0.25, 0.3) is 11.6 Å². The van der Waals surface area contributed by atoms with E-state index in [4.69, 9.17) is 10.5 Å². The van der Waals surface area contributed by atoms with Gasteiger partial charge in [-0.05, 0) is 38.6 Å². The van der Waals surface area contributed by atoms with Crippen molar-refractivity contribution in [3.63, 3.8) is 0 Å². The summed E-state index contributed by atoms with van der Waals surface area (Å²) >= 11 is 0. The summed E-state index contributed by atoms with van der Waals surface area (Å²) in [6.45, 7) is 7.49. The van der Waals surface area contributed by atoms with Gasteiger partial charge in [0.2, 0.25) is 5.82 Å². The van der Waals surface area contributed by atoms with Gasteiger partial charge < -0.3 is 20.3 Å². The molecule has 3 aromatic rings. The summed E-state index contributed by atoms with van der Waals surface area (Å²) in [5.41, 5.74) is 7.77. The van der Waals surface area contributed by atoms with Crippen molar-refractivity contribution in [1.82, 2.24) is 19.7 Å². The first-order valence-corrected chi connectivity index (χ1v) is 16.6. The number of urea groups is 1. The van der Waals surface area contributed by atoms with Crippen LogP contribution in [0.3, 0.4) is 0 Å². The maximum atomic E-state index is 15.1. The third-order valence-electron chi connectivity index (χ3n) is 9.60. The van der Waals surface area contributed by atoms with Crippen molar-refractivity contribution in [1.29, 1.82) is 0 Å². The minimum absolute atomic E-state index is 0.0152. The lowest BCUT2D eigenvalue weighted by molar-refractivity contribution is -0.864. The number of carbonyl (C=O) groups is 4. The van der Waals surface area contributed by atoms with Gasteiger partial charge in [0, 0.05) is 50.4 Å². The lowest BCUT2D eigenvalue weighted by atomic mass is 10.1. The fraction of sp³-hybridized carbons (Fsp3) is 0.378. The smallest absolute Gasteiger partial charge is 0.431 e. The number of ether oxygens (including phenoxy) is 1. The van der Waals surface area contributed by atoms with E-state index in [-0.39, 0.29) is 22.3 Å². The summed E-state index contributed by atoms with van der Waals surface area (Å²) in [5, 5.41) is 1.81. The highest BCUT2D eigenvalue weighted by Gasteiger charge is 2.64. The van der Waals surface area contributed by atoms with Crippen LogP contribution >= 0.6 is 0 Å². The molecule has 0 spiro atoms. The molecule has 0 saturated carbocycles. The molecule has 49 heavy (non-hydrogen) atoms. The second-order valence-electron chi connectivity index (χ2n) is 14.4. The molecular weight excluding hydrogens is 622 g/mol. The van der Waals surface area contributed by atoms with E-state index in [1.807, 2.05) is 93.4 Å². The van der Waals surface area contributed by atoms with Gasteiger partial charge >= 0.3 is 18.0 Å². The third kappa shape index (κ3) is 5.95. The number of benzene rings is 2. The summed E-state index contributed by atoms with van der Waals surface area (Å²) in [6, 6.07) is 18.9. The summed E-state index contributed by atoms with van der Waals surface area (Å²) in [7, 11) is 5.13. The fourth-order valence-corrected chi connectivity index (χ4v) is 7.38. The largest absolute Gasteiger partial charge is 0.444 e. The van der Waals surface area contributed by atoms with Crippen molar-refractivity contribution in [2.45, 2.75) is 45.9 Å². The quantitative estimate of drug-likeness (QED) is 0.389. The lowest BCUT2D eigenvalue weighted by Gasteiger charge is -2.41. The predicted molar refractivity (Wildman–Crippen MR) is 183 cm³/mol. The van der Waals surface area contributed by atoms with E-state index in [1.54, 1.807) is 25.2 Å². The minimum Gasteiger partial charge on any atom is -0.444 e. The van der Waals surface area contributed by atoms with Gasteiger partial charge in [-0.25, -0.2) is 18.9 Å². The molecule has 6 rings (SSSR count). The molecule has 12 heteroatoms. The monoisotopic (exact) mass is 667 g/mol. The van der Waals surface area contributed by atoms with Crippen LogP contribution in [0.4, 0.5) is 9.59 Å². The van der Waals surface area contributed by atoms with Gasteiger partial charge in [0.15, 0.2) is 0 Å². The Labute approximate surface area is 286 Å². The summed E-state index contributed by atoms with van der Waals surface area (Å²) in [4.78, 5) is 65.9. The molecule has 3 aliphatic rings. The lowest BCUT2D eigenvalue weighted by Crippen LogP contribution is -2.64. The maximum absolute atomic E-state index is 15.1. The molecule has 1 saturated heterocycles. The average Bonchev–Trinajstić information content (AvgIpc) is 3.16. The van der Waals surface area contributed by atoms with Crippen molar-refractivity contribution in [3.8, 4) is 0 Å². The number of imide groups is 1. The molecule has 2 aromatic carbocycles. The Morgan fingerprint density at radius 3 is 2.29 bits per heavy atom. The zero-order chi connectivity index (χ0) is 35.3. The van der Waals surface area contributed by atoms with E-state index in [2.05, 4.69) is 4.98 Å². The number of primary amides is 1. The van der Waals surface area contributed by atoms with Gasteiger partial charge in [-0.15, -0.1) is 0 Å². The number of pyridine rings is 1.